The predicted molar refractivity (Wildman–Crippen MR) is 116 cm³/mol. The number of nitrogens with one attached hydrogen (secondary N) is 2. The number of aromatic nitrogens is 4. The van der Waals surface area contributed by atoms with E-state index in [2.05, 4.69) is 41.5 Å². The molecule has 2 aromatic heterocycles. The van der Waals surface area contributed by atoms with E-state index in [0.717, 1.165) is 16.0 Å². The number of halogens is 1. The highest BCUT2D eigenvalue weighted by Gasteiger charge is 2.07. The van der Waals surface area contributed by atoms with Gasteiger partial charge in [0.2, 0.25) is 0 Å². The number of rotatable bonds is 5. The van der Waals surface area contributed by atoms with E-state index in [9.17, 15) is 4.79 Å². The molecule has 0 saturated heterocycles. The van der Waals surface area contributed by atoms with Crippen molar-refractivity contribution < 1.29 is 4.79 Å². The number of benzene rings is 2. The fraction of sp³-hybridized carbons (Fsp3) is 0.0476. The van der Waals surface area contributed by atoms with E-state index in [1.165, 1.54) is 0 Å². The molecule has 4 aromatic rings. The van der Waals surface area contributed by atoms with Crippen molar-refractivity contribution in [2.45, 2.75) is 6.92 Å². The third-order valence-corrected chi connectivity index (χ3v) is 4.59. The van der Waals surface area contributed by atoms with E-state index in [1.807, 2.05) is 60.2 Å². The zero-order chi connectivity index (χ0) is 20.2. The van der Waals surface area contributed by atoms with Gasteiger partial charge in [0.1, 0.15) is 23.8 Å². The van der Waals surface area contributed by atoms with Crippen LogP contribution in [0.4, 0.5) is 17.2 Å². The lowest BCUT2D eigenvalue weighted by molar-refractivity contribution is 0.102. The van der Waals surface area contributed by atoms with Gasteiger partial charge >= 0.3 is 0 Å². The van der Waals surface area contributed by atoms with E-state index in [-0.39, 0.29) is 5.91 Å². The molecule has 0 aliphatic carbocycles. The molecule has 2 N–H and O–H groups in total. The van der Waals surface area contributed by atoms with Crippen LogP contribution in [0.2, 0.25) is 0 Å². The summed E-state index contributed by atoms with van der Waals surface area (Å²) in [6.07, 6.45) is 5.22. The minimum absolute atomic E-state index is 0.164. The van der Waals surface area contributed by atoms with E-state index >= 15 is 0 Å². The Bertz CT molecular complexity index is 1140. The molecule has 0 atom stereocenters. The second-order valence-electron chi connectivity index (χ2n) is 6.30. The molecule has 4 rings (SSSR count). The number of aryl methyl sites for hydroxylation is 1. The van der Waals surface area contributed by atoms with E-state index in [0.29, 0.717) is 22.9 Å². The average molecular weight is 449 g/mol. The quantitative estimate of drug-likeness (QED) is 0.460. The van der Waals surface area contributed by atoms with Gasteiger partial charge in [-0.3, -0.25) is 9.36 Å². The topological polar surface area (TPSA) is 84.7 Å². The minimum atomic E-state index is -0.164. The van der Waals surface area contributed by atoms with Crippen molar-refractivity contribution in [2.75, 3.05) is 10.6 Å². The molecule has 8 heteroatoms. The smallest absolute Gasteiger partial charge is 0.255 e. The van der Waals surface area contributed by atoms with Crippen LogP contribution < -0.4 is 10.6 Å². The minimum Gasteiger partial charge on any atom is -0.340 e. The normalized spacial score (nSPS) is 10.6. The molecule has 144 valence electrons. The first-order valence-electron chi connectivity index (χ1n) is 8.85. The molecule has 0 radical (unpaired) electrons. The summed E-state index contributed by atoms with van der Waals surface area (Å²) in [5, 5.41) is 6.15. The Morgan fingerprint density at radius 1 is 1.03 bits per heavy atom. The maximum Gasteiger partial charge on any atom is 0.255 e. The van der Waals surface area contributed by atoms with E-state index in [4.69, 9.17) is 0 Å². The molecule has 29 heavy (non-hydrogen) atoms. The Morgan fingerprint density at radius 3 is 2.55 bits per heavy atom. The summed E-state index contributed by atoms with van der Waals surface area (Å²) < 4.78 is 2.68. The second-order valence-corrected chi connectivity index (χ2v) is 7.21. The SMILES string of the molecule is Cc1nc(Nc2ccc(NC(=O)c3cccc(Br)c3)cc2)cc(-n2ccnc2)n1. The second kappa shape index (κ2) is 8.24. The number of nitrogens with zero attached hydrogens (tertiary/aromatic N) is 4. The van der Waals surface area contributed by atoms with Gasteiger partial charge in [-0.2, -0.15) is 0 Å². The Labute approximate surface area is 176 Å². The van der Waals surface area contributed by atoms with E-state index < -0.39 is 0 Å². The van der Waals surface area contributed by atoms with Crippen LogP contribution in [0.3, 0.4) is 0 Å². The number of carbonyl (C=O) groups is 1. The van der Waals surface area contributed by atoms with Crippen LogP contribution in [0, 0.1) is 6.92 Å². The van der Waals surface area contributed by atoms with Crippen molar-refractivity contribution in [3.8, 4) is 5.82 Å². The van der Waals surface area contributed by atoms with Crippen LogP contribution in [-0.2, 0) is 0 Å². The fourth-order valence-electron chi connectivity index (χ4n) is 2.76. The van der Waals surface area contributed by atoms with Gasteiger partial charge in [0, 0.05) is 39.9 Å². The van der Waals surface area contributed by atoms with Gasteiger partial charge in [-0.1, -0.05) is 22.0 Å². The van der Waals surface area contributed by atoms with Crippen LogP contribution >= 0.6 is 15.9 Å². The van der Waals surface area contributed by atoms with Gasteiger partial charge in [0.05, 0.1) is 0 Å². The summed E-state index contributed by atoms with van der Waals surface area (Å²) in [6, 6.07) is 16.5. The van der Waals surface area contributed by atoms with Gasteiger partial charge in [0.25, 0.3) is 5.91 Å². The third kappa shape index (κ3) is 4.67. The highest BCUT2D eigenvalue weighted by atomic mass is 79.9. The molecule has 0 aliphatic rings. The molecule has 0 spiro atoms. The van der Waals surface area contributed by atoms with Gasteiger partial charge < -0.3 is 10.6 Å². The van der Waals surface area contributed by atoms with Crippen molar-refractivity contribution in [2.24, 2.45) is 0 Å². The average Bonchev–Trinajstić information content (AvgIpc) is 3.24. The lowest BCUT2D eigenvalue weighted by Crippen LogP contribution is -2.11. The number of carbonyl (C=O) groups excluding carboxylic acids is 1. The Balaban J connectivity index is 1.47. The number of hydrogen-bond donors (Lipinski definition) is 2. The van der Waals surface area contributed by atoms with Gasteiger partial charge in [-0.25, -0.2) is 15.0 Å². The molecule has 0 aliphatic heterocycles. The number of hydrogen-bond acceptors (Lipinski definition) is 5. The lowest BCUT2D eigenvalue weighted by atomic mass is 10.2. The molecule has 0 bridgehead atoms. The number of amides is 1. The van der Waals surface area contributed by atoms with Crippen molar-refractivity contribution in [3.05, 3.63) is 89.2 Å². The van der Waals surface area contributed by atoms with Crippen molar-refractivity contribution in [3.63, 3.8) is 0 Å². The van der Waals surface area contributed by atoms with Crippen molar-refractivity contribution in [1.82, 2.24) is 19.5 Å². The molecule has 2 heterocycles. The van der Waals surface area contributed by atoms with Gasteiger partial charge in [-0.05, 0) is 49.4 Å². The van der Waals surface area contributed by atoms with Crippen LogP contribution in [-0.4, -0.2) is 25.4 Å². The van der Waals surface area contributed by atoms with Gasteiger partial charge in [0.15, 0.2) is 0 Å². The summed E-state index contributed by atoms with van der Waals surface area (Å²) in [5.74, 6) is 1.89. The third-order valence-electron chi connectivity index (χ3n) is 4.10. The van der Waals surface area contributed by atoms with Crippen LogP contribution in [0.25, 0.3) is 5.82 Å². The molecule has 7 nitrogen and oxygen atoms in total. The number of anilines is 3. The largest absolute Gasteiger partial charge is 0.340 e. The van der Waals surface area contributed by atoms with Crippen LogP contribution in [0.5, 0.6) is 0 Å². The van der Waals surface area contributed by atoms with E-state index in [1.54, 1.807) is 24.7 Å². The maximum atomic E-state index is 12.4. The Kier molecular flexibility index (Phi) is 5.35. The highest BCUT2D eigenvalue weighted by molar-refractivity contribution is 9.10. The highest BCUT2D eigenvalue weighted by Crippen LogP contribution is 2.20. The molecule has 0 fully saturated rings. The fourth-order valence-corrected chi connectivity index (χ4v) is 3.16. The predicted octanol–water partition coefficient (Wildman–Crippen LogP) is 4.73. The Hall–Kier alpha value is -3.52. The summed E-state index contributed by atoms with van der Waals surface area (Å²) >= 11 is 3.38. The zero-order valence-corrected chi connectivity index (χ0v) is 17.1. The maximum absolute atomic E-state index is 12.4. The van der Waals surface area contributed by atoms with Gasteiger partial charge in [-0.15, -0.1) is 0 Å². The van der Waals surface area contributed by atoms with Crippen molar-refractivity contribution >= 4 is 39.0 Å². The molecular formula is C21H17BrN6O. The summed E-state index contributed by atoms with van der Waals surface area (Å²) in [7, 11) is 0. The first-order valence-corrected chi connectivity index (χ1v) is 9.64. The van der Waals surface area contributed by atoms with Crippen molar-refractivity contribution in [1.29, 1.82) is 0 Å². The van der Waals surface area contributed by atoms with Crippen LogP contribution in [0.1, 0.15) is 16.2 Å². The van der Waals surface area contributed by atoms with Crippen LogP contribution in [0.15, 0.2) is 77.8 Å². The molecule has 2 aromatic carbocycles. The standard InChI is InChI=1S/C21H17BrN6O/c1-14-24-19(12-20(25-14)28-10-9-23-13-28)26-17-5-7-18(8-6-17)27-21(29)15-3-2-4-16(22)11-15/h2-13H,1H3,(H,27,29)(H,24,25,26). The number of imidazole rings is 1. The zero-order valence-electron chi connectivity index (χ0n) is 15.5. The summed E-state index contributed by atoms with van der Waals surface area (Å²) in [4.78, 5) is 25.3. The molecule has 0 saturated carbocycles. The Morgan fingerprint density at radius 2 is 1.83 bits per heavy atom. The summed E-state index contributed by atoms with van der Waals surface area (Å²) in [6.45, 7) is 1.84. The summed E-state index contributed by atoms with van der Waals surface area (Å²) in [5.41, 5.74) is 2.14. The molecule has 0 unspecified atom stereocenters. The first-order chi connectivity index (χ1) is 14.1. The lowest BCUT2D eigenvalue weighted by Gasteiger charge is -2.10. The monoisotopic (exact) mass is 448 g/mol. The first kappa shape index (κ1) is 18.8. The molecule has 1 amide bonds. The molecular weight excluding hydrogens is 432 g/mol.